The number of carboxylic acids is 1. The van der Waals surface area contributed by atoms with Crippen LogP contribution in [-0.4, -0.2) is 47.0 Å². The number of hydrogen-bond acceptors (Lipinski definition) is 4. The van der Waals surface area contributed by atoms with Gasteiger partial charge in [0.15, 0.2) is 0 Å². The van der Waals surface area contributed by atoms with E-state index in [0.717, 1.165) is 6.42 Å². The van der Waals surface area contributed by atoms with Crippen molar-refractivity contribution in [3.8, 4) is 0 Å². The van der Waals surface area contributed by atoms with Crippen molar-refractivity contribution in [2.24, 2.45) is 11.8 Å². The quantitative estimate of drug-likeness (QED) is 0.743. The number of ether oxygens (including phenoxy) is 1. The van der Waals surface area contributed by atoms with Gasteiger partial charge in [0.2, 0.25) is 5.91 Å². The fraction of sp³-hybridized carbons (Fsp3) is 0.786. The van der Waals surface area contributed by atoms with Crippen LogP contribution in [0.5, 0.6) is 0 Å². The summed E-state index contributed by atoms with van der Waals surface area (Å²) in [5.41, 5.74) is 0. The lowest BCUT2D eigenvalue weighted by atomic mass is 9.94. The molecule has 0 radical (unpaired) electrons. The normalized spacial score (nSPS) is 21.8. The van der Waals surface area contributed by atoms with E-state index in [9.17, 15) is 14.4 Å². The Morgan fingerprint density at radius 1 is 1.25 bits per heavy atom. The predicted molar refractivity (Wildman–Crippen MR) is 71.9 cm³/mol. The molecule has 0 heterocycles. The van der Waals surface area contributed by atoms with Crippen LogP contribution >= 0.6 is 0 Å². The number of hydrogen-bond donors (Lipinski definition) is 1. The molecule has 1 saturated carbocycles. The molecule has 0 unspecified atom stereocenters. The first-order valence-corrected chi connectivity index (χ1v) is 7.07. The SMILES string of the molecule is CCOC(=O)CN(C(=O)[C@@H]1CCC[C@@H]1C(=O)O)C(C)C. The molecule has 1 N–H and O–H groups in total. The van der Waals surface area contributed by atoms with E-state index < -0.39 is 23.8 Å². The van der Waals surface area contributed by atoms with Crippen LogP contribution in [0.25, 0.3) is 0 Å². The van der Waals surface area contributed by atoms with Crippen molar-refractivity contribution >= 4 is 17.8 Å². The average molecular weight is 285 g/mol. The zero-order valence-electron chi connectivity index (χ0n) is 12.3. The Bertz CT molecular complexity index is 380. The van der Waals surface area contributed by atoms with Crippen molar-refractivity contribution in [2.75, 3.05) is 13.2 Å². The Morgan fingerprint density at radius 3 is 2.35 bits per heavy atom. The summed E-state index contributed by atoms with van der Waals surface area (Å²) in [6.45, 7) is 5.47. The maximum Gasteiger partial charge on any atom is 0.325 e. The van der Waals surface area contributed by atoms with E-state index in [1.165, 1.54) is 4.90 Å². The number of carbonyl (C=O) groups excluding carboxylic acids is 2. The Hall–Kier alpha value is -1.59. The van der Waals surface area contributed by atoms with Gasteiger partial charge < -0.3 is 14.7 Å². The third kappa shape index (κ3) is 3.95. The molecule has 1 aliphatic rings. The van der Waals surface area contributed by atoms with Gasteiger partial charge in [-0.3, -0.25) is 14.4 Å². The van der Waals surface area contributed by atoms with Crippen LogP contribution in [0.2, 0.25) is 0 Å². The summed E-state index contributed by atoms with van der Waals surface area (Å²) >= 11 is 0. The maximum absolute atomic E-state index is 12.5. The molecule has 114 valence electrons. The largest absolute Gasteiger partial charge is 0.481 e. The van der Waals surface area contributed by atoms with Gasteiger partial charge in [-0.1, -0.05) is 6.42 Å². The summed E-state index contributed by atoms with van der Waals surface area (Å²) in [5.74, 6) is -2.80. The molecular weight excluding hydrogens is 262 g/mol. The van der Waals surface area contributed by atoms with E-state index in [4.69, 9.17) is 9.84 Å². The van der Waals surface area contributed by atoms with Gasteiger partial charge >= 0.3 is 11.9 Å². The van der Waals surface area contributed by atoms with Crippen molar-refractivity contribution in [1.29, 1.82) is 0 Å². The third-order valence-corrected chi connectivity index (χ3v) is 3.66. The van der Waals surface area contributed by atoms with Crippen molar-refractivity contribution in [1.82, 2.24) is 4.90 Å². The summed E-state index contributed by atoms with van der Waals surface area (Å²) < 4.78 is 4.86. The first-order valence-electron chi connectivity index (χ1n) is 7.07. The monoisotopic (exact) mass is 285 g/mol. The molecule has 6 heteroatoms. The van der Waals surface area contributed by atoms with Gasteiger partial charge in [0.05, 0.1) is 18.4 Å². The zero-order chi connectivity index (χ0) is 15.3. The summed E-state index contributed by atoms with van der Waals surface area (Å²) in [4.78, 5) is 36.6. The lowest BCUT2D eigenvalue weighted by molar-refractivity contribution is -0.154. The number of rotatable bonds is 6. The van der Waals surface area contributed by atoms with Gasteiger partial charge in [-0.15, -0.1) is 0 Å². The van der Waals surface area contributed by atoms with Gasteiger partial charge in [0.25, 0.3) is 0 Å². The molecule has 0 aliphatic heterocycles. The first-order chi connectivity index (χ1) is 9.38. The number of amides is 1. The number of carbonyl (C=O) groups is 3. The minimum atomic E-state index is -0.930. The van der Waals surface area contributed by atoms with E-state index >= 15 is 0 Å². The fourth-order valence-corrected chi connectivity index (χ4v) is 2.62. The summed E-state index contributed by atoms with van der Waals surface area (Å²) in [6.07, 6.45) is 1.83. The van der Waals surface area contributed by atoms with Crippen molar-refractivity contribution in [3.05, 3.63) is 0 Å². The van der Waals surface area contributed by atoms with Gasteiger partial charge in [0, 0.05) is 6.04 Å². The van der Waals surface area contributed by atoms with Crippen LogP contribution in [0, 0.1) is 11.8 Å². The Labute approximate surface area is 119 Å². The third-order valence-electron chi connectivity index (χ3n) is 3.66. The predicted octanol–water partition coefficient (Wildman–Crippen LogP) is 1.29. The molecule has 1 aliphatic carbocycles. The van der Waals surface area contributed by atoms with Crippen LogP contribution in [-0.2, 0) is 19.1 Å². The number of aliphatic carboxylic acids is 1. The topological polar surface area (TPSA) is 83.9 Å². The molecule has 0 bridgehead atoms. The number of nitrogens with zero attached hydrogens (tertiary/aromatic N) is 1. The Kier molecular flexibility index (Phi) is 5.98. The maximum atomic E-state index is 12.5. The van der Waals surface area contributed by atoms with E-state index in [0.29, 0.717) is 12.8 Å². The van der Waals surface area contributed by atoms with E-state index in [1.807, 2.05) is 13.8 Å². The summed E-state index contributed by atoms with van der Waals surface area (Å²) in [6, 6.07) is -0.165. The molecule has 0 aromatic rings. The summed E-state index contributed by atoms with van der Waals surface area (Å²) in [7, 11) is 0. The second-order valence-corrected chi connectivity index (χ2v) is 5.35. The molecule has 0 spiro atoms. The number of esters is 1. The van der Waals surface area contributed by atoms with Crippen LogP contribution in [0.3, 0.4) is 0 Å². The first kappa shape index (κ1) is 16.5. The minimum Gasteiger partial charge on any atom is -0.481 e. The van der Waals surface area contributed by atoms with Crippen molar-refractivity contribution in [2.45, 2.75) is 46.1 Å². The molecule has 1 amide bonds. The lowest BCUT2D eigenvalue weighted by Crippen LogP contribution is -2.46. The molecule has 0 saturated heterocycles. The van der Waals surface area contributed by atoms with Crippen LogP contribution < -0.4 is 0 Å². The van der Waals surface area contributed by atoms with Crippen molar-refractivity contribution < 1.29 is 24.2 Å². The van der Waals surface area contributed by atoms with E-state index in [1.54, 1.807) is 6.92 Å². The summed E-state index contributed by atoms with van der Waals surface area (Å²) in [5, 5.41) is 9.16. The second-order valence-electron chi connectivity index (χ2n) is 5.35. The molecule has 1 fully saturated rings. The highest BCUT2D eigenvalue weighted by molar-refractivity contribution is 5.88. The molecule has 1 rings (SSSR count). The molecule has 20 heavy (non-hydrogen) atoms. The molecule has 0 aromatic heterocycles. The van der Waals surface area contributed by atoms with Gasteiger partial charge in [0.1, 0.15) is 6.54 Å². The standard InChI is InChI=1S/C14H23NO5/c1-4-20-12(16)8-15(9(2)3)13(17)10-6-5-7-11(10)14(18)19/h9-11H,4-8H2,1-3H3,(H,18,19)/t10-,11+/m1/s1. The molecule has 2 atom stereocenters. The fourth-order valence-electron chi connectivity index (χ4n) is 2.62. The highest BCUT2D eigenvalue weighted by Gasteiger charge is 2.40. The minimum absolute atomic E-state index is 0.118. The van der Waals surface area contributed by atoms with Crippen LogP contribution in [0.15, 0.2) is 0 Å². The Balaban J connectivity index is 2.78. The van der Waals surface area contributed by atoms with Crippen molar-refractivity contribution in [3.63, 3.8) is 0 Å². The van der Waals surface area contributed by atoms with E-state index in [-0.39, 0.29) is 25.1 Å². The smallest absolute Gasteiger partial charge is 0.325 e. The molecular formula is C14H23NO5. The van der Waals surface area contributed by atoms with E-state index in [2.05, 4.69) is 0 Å². The average Bonchev–Trinajstić information content (AvgIpc) is 2.84. The van der Waals surface area contributed by atoms with Gasteiger partial charge in [-0.25, -0.2) is 0 Å². The van der Waals surface area contributed by atoms with Crippen LogP contribution in [0.1, 0.15) is 40.0 Å². The second kappa shape index (κ2) is 7.26. The highest BCUT2D eigenvalue weighted by atomic mass is 16.5. The highest BCUT2D eigenvalue weighted by Crippen LogP contribution is 2.33. The molecule has 0 aromatic carbocycles. The molecule has 6 nitrogen and oxygen atoms in total. The van der Waals surface area contributed by atoms with Crippen LogP contribution in [0.4, 0.5) is 0 Å². The van der Waals surface area contributed by atoms with Gasteiger partial charge in [-0.2, -0.15) is 0 Å². The Morgan fingerprint density at radius 2 is 1.85 bits per heavy atom. The lowest BCUT2D eigenvalue weighted by Gasteiger charge is -2.29. The number of carboxylic acid groups (broad SMARTS) is 1. The zero-order valence-corrected chi connectivity index (χ0v) is 12.3. The van der Waals surface area contributed by atoms with Gasteiger partial charge in [-0.05, 0) is 33.6 Å².